The minimum absolute atomic E-state index is 0.0349. The van der Waals surface area contributed by atoms with E-state index in [0.29, 0.717) is 19.0 Å². The molecule has 0 radical (unpaired) electrons. The lowest BCUT2D eigenvalue weighted by atomic mass is 9.71. The van der Waals surface area contributed by atoms with Crippen molar-refractivity contribution < 1.29 is 9.53 Å². The molecule has 2 atom stereocenters. The average molecular weight is 345 g/mol. The van der Waals surface area contributed by atoms with Crippen molar-refractivity contribution in [2.24, 2.45) is 5.92 Å². The van der Waals surface area contributed by atoms with Gasteiger partial charge in [0.2, 0.25) is 5.95 Å². The van der Waals surface area contributed by atoms with Crippen LogP contribution in [0.5, 0.6) is 0 Å². The smallest absolute Gasteiger partial charge is 0.312 e. The van der Waals surface area contributed by atoms with Gasteiger partial charge < -0.3 is 21.1 Å². The van der Waals surface area contributed by atoms with Crippen LogP contribution in [0.15, 0.2) is 0 Å². The lowest BCUT2D eigenvalue weighted by molar-refractivity contribution is -0.144. The SMILES string of the molecule is COC(=O)C1CNC[C@@H]1Nc1nc(N)nc2c1CCCC21CCCC1. The molecule has 1 aromatic rings. The van der Waals surface area contributed by atoms with Crippen LogP contribution in [0.25, 0.3) is 0 Å². The highest BCUT2D eigenvalue weighted by Crippen LogP contribution is 2.49. The highest BCUT2D eigenvalue weighted by atomic mass is 16.5. The van der Waals surface area contributed by atoms with E-state index >= 15 is 0 Å². The maximum atomic E-state index is 12.0. The monoisotopic (exact) mass is 345 g/mol. The third kappa shape index (κ3) is 2.84. The third-order valence-electron chi connectivity index (χ3n) is 6.21. The number of carbonyl (C=O) groups is 1. The molecular formula is C18H27N5O2. The number of nitrogen functional groups attached to an aromatic ring is 1. The number of nitrogens with two attached hydrogens (primary N) is 1. The zero-order chi connectivity index (χ0) is 17.4. The van der Waals surface area contributed by atoms with Gasteiger partial charge in [-0.1, -0.05) is 12.8 Å². The Hall–Kier alpha value is -1.89. The van der Waals surface area contributed by atoms with Crippen LogP contribution in [0, 0.1) is 5.92 Å². The molecule has 1 spiro atoms. The summed E-state index contributed by atoms with van der Waals surface area (Å²) in [4.78, 5) is 21.2. The topological polar surface area (TPSA) is 102 Å². The lowest BCUT2D eigenvalue weighted by Gasteiger charge is -2.35. The van der Waals surface area contributed by atoms with E-state index in [-0.39, 0.29) is 23.3 Å². The van der Waals surface area contributed by atoms with Crippen LogP contribution in [0.3, 0.4) is 0 Å². The first-order valence-corrected chi connectivity index (χ1v) is 9.35. The molecule has 1 aromatic heterocycles. The normalized spacial score (nSPS) is 27.2. The van der Waals surface area contributed by atoms with Crippen molar-refractivity contribution in [2.45, 2.75) is 56.4 Å². The van der Waals surface area contributed by atoms with Crippen molar-refractivity contribution in [1.82, 2.24) is 15.3 Å². The summed E-state index contributed by atoms with van der Waals surface area (Å²) in [6.07, 6.45) is 8.27. The molecule has 1 aliphatic heterocycles. The summed E-state index contributed by atoms with van der Waals surface area (Å²) in [5.41, 5.74) is 8.62. The lowest BCUT2D eigenvalue weighted by Crippen LogP contribution is -2.36. The van der Waals surface area contributed by atoms with Crippen LogP contribution in [-0.2, 0) is 21.4 Å². The minimum Gasteiger partial charge on any atom is -0.469 e. The number of hydrogen-bond acceptors (Lipinski definition) is 7. The van der Waals surface area contributed by atoms with E-state index in [0.717, 1.165) is 24.4 Å². The molecule has 7 nitrogen and oxygen atoms in total. The summed E-state index contributed by atoms with van der Waals surface area (Å²) < 4.78 is 4.94. The van der Waals surface area contributed by atoms with E-state index in [2.05, 4.69) is 20.6 Å². The molecule has 0 bridgehead atoms. The number of hydrogen-bond donors (Lipinski definition) is 3. The van der Waals surface area contributed by atoms with Crippen LogP contribution in [0.1, 0.15) is 49.8 Å². The molecule has 136 valence electrons. The largest absolute Gasteiger partial charge is 0.469 e. The Labute approximate surface area is 148 Å². The quantitative estimate of drug-likeness (QED) is 0.711. The van der Waals surface area contributed by atoms with Gasteiger partial charge in [-0.2, -0.15) is 4.98 Å². The second kappa shape index (κ2) is 6.44. The summed E-state index contributed by atoms with van der Waals surface area (Å²) in [5.74, 6) is 0.748. The summed E-state index contributed by atoms with van der Waals surface area (Å²) >= 11 is 0. The van der Waals surface area contributed by atoms with Gasteiger partial charge >= 0.3 is 5.97 Å². The molecule has 1 saturated carbocycles. The fourth-order valence-electron chi connectivity index (χ4n) is 4.96. The molecule has 2 fully saturated rings. The zero-order valence-electron chi connectivity index (χ0n) is 14.8. The molecule has 7 heteroatoms. The van der Waals surface area contributed by atoms with Crippen molar-refractivity contribution in [3.8, 4) is 0 Å². The van der Waals surface area contributed by atoms with Crippen LogP contribution >= 0.6 is 0 Å². The predicted molar refractivity (Wildman–Crippen MR) is 95.3 cm³/mol. The van der Waals surface area contributed by atoms with E-state index in [9.17, 15) is 4.79 Å². The Morgan fingerprint density at radius 3 is 2.76 bits per heavy atom. The van der Waals surface area contributed by atoms with Crippen LogP contribution in [-0.4, -0.2) is 42.2 Å². The first kappa shape index (κ1) is 16.6. The van der Waals surface area contributed by atoms with Gasteiger partial charge in [0, 0.05) is 24.1 Å². The number of esters is 1. The summed E-state index contributed by atoms with van der Waals surface area (Å²) in [6, 6.07) is -0.0349. The Balaban J connectivity index is 1.67. The van der Waals surface area contributed by atoms with Crippen LogP contribution < -0.4 is 16.4 Å². The average Bonchev–Trinajstić information content (AvgIpc) is 3.25. The Kier molecular flexibility index (Phi) is 4.27. The molecule has 3 aliphatic rings. The van der Waals surface area contributed by atoms with Crippen LogP contribution in [0.2, 0.25) is 0 Å². The predicted octanol–water partition coefficient (Wildman–Crippen LogP) is 1.38. The third-order valence-corrected chi connectivity index (χ3v) is 6.21. The van der Waals surface area contributed by atoms with E-state index in [1.54, 1.807) is 0 Å². The second-order valence-electron chi connectivity index (χ2n) is 7.64. The van der Waals surface area contributed by atoms with Gasteiger partial charge in [0.25, 0.3) is 0 Å². The maximum absolute atomic E-state index is 12.0. The van der Waals surface area contributed by atoms with Gasteiger partial charge in [-0.05, 0) is 32.1 Å². The molecule has 4 rings (SSSR count). The molecular weight excluding hydrogens is 318 g/mol. The van der Waals surface area contributed by atoms with Gasteiger partial charge in [0.15, 0.2) is 0 Å². The number of ether oxygens (including phenoxy) is 1. The first-order valence-electron chi connectivity index (χ1n) is 9.35. The van der Waals surface area contributed by atoms with Gasteiger partial charge in [-0.15, -0.1) is 0 Å². The number of anilines is 2. The molecule has 2 aliphatic carbocycles. The number of aromatic nitrogens is 2. The molecule has 0 aromatic carbocycles. The number of methoxy groups -OCH3 is 1. The van der Waals surface area contributed by atoms with E-state index in [1.165, 1.54) is 44.8 Å². The fraction of sp³-hybridized carbons (Fsp3) is 0.722. The van der Waals surface area contributed by atoms with Crippen molar-refractivity contribution in [3.05, 3.63) is 11.3 Å². The summed E-state index contributed by atoms with van der Waals surface area (Å²) in [5, 5.41) is 6.75. The Bertz CT molecular complexity index is 672. The molecule has 1 saturated heterocycles. The number of nitrogens with zero attached hydrogens (tertiary/aromatic N) is 2. The van der Waals surface area contributed by atoms with E-state index < -0.39 is 0 Å². The standard InChI is InChI=1S/C18H27N5O2/c1-25-16(24)12-9-20-10-13(12)21-15-11-5-4-8-18(6-2-3-7-18)14(11)22-17(19)23-15/h12-13,20H,2-10H2,1H3,(H3,19,21,22,23)/t12?,13-/m0/s1. The Morgan fingerprint density at radius 2 is 2.00 bits per heavy atom. The fourth-order valence-corrected chi connectivity index (χ4v) is 4.96. The van der Waals surface area contributed by atoms with Gasteiger partial charge in [-0.3, -0.25) is 4.79 Å². The minimum atomic E-state index is -0.208. The first-order chi connectivity index (χ1) is 12.1. The summed E-state index contributed by atoms with van der Waals surface area (Å²) in [7, 11) is 1.44. The molecule has 0 amide bonds. The highest BCUT2D eigenvalue weighted by Gasteiger charge is 2.42. The highest BCUT2D eigenvalue weighted by molar-refractivity contribution is 5.74. The summed E-state index contributed by atoms with van der Waals surface area (Å²) in [6.45, 7) is 1.33. The number of rotatable bonds is 3. The molecule has 1 unspecified atom stereocenters. The van der Waals surface area contributed by atoms with Gasteiger partial charge in [0.05, 0.1) is 24.8 Å². The number of carbonyl (C=O) groups excluding carboxylic acids is 1. The Morgan fingerprint density at radius 1 is 1.24 bits per heavy atom. The van der Waals surface area contributed by atoms with E-state index in [1.807, 2.05) is 0 Å². The maximum Gasteiger partial charge on any atom is 0.312 e. The van der Waals surface area contributed by atoms with Crippen LogP contribution in [0.4, 0.5) is 11.8 Å². The number of fused-ring (bicyclic) bond motifs is 2. The van der Waals surface area contributed by atoms with E-state index in [4.69, 9.17) is 10.5 Å². The molecule has 2 heterocycles. The van der Waals surface area contributed by atoms with Crippen molar-refractivity contribution in [2.75, 3.05) is 31.2 Å². The van der Waals surface area contributed by atoms with Gasteiger partial charge in [-0.25, -0.2) is 4.98 Å². The zero-order valence-corrected chi connectivity index (χ0v) is 14.8. The van der Waals surface area contributed by atoms with Crippen molar-refractivity contribution >= 4 is 17.7 Å². The van der Waals surface area contributed by atoms with Gasteiger partial charge in [0.1, 0.15) is 5.82 Å². The van der Waals surface area contributed by atoms with Crippen molar-refractivity contribution in [3.63, 3.8) is 0 Å². The van der Waals surface area contributed by atoms with Crippen molar-refractivity contribution in [1.29, 1.82) is 0 Å². The number of nitrogens with one attached hydrogen (secondary N) is 2. The molecule has 4 N–H and O–H groups in total. The second-order valence-corrected chi connectivity index (χ2v) is 7.64. The molecule has 25 heavy (non-hydrogen) atoms.